The van der Waals surface area contributed by atoms with Crippen LogP contribution >= 0.6 is 0 Å². The molecule has 3 nitrogen and oxygen atoms in total. The highest BCUT2D eigenvalue weighted by Crippen LogP contribution is 2.12. The van der Waals surface area contributed by atoms with E-state index in [-0.39, 0.29) is 0 Å². The first-order valence-corrected chi connectivity index (χ1v) is 13.8. The first kappa shape index (κ1) is 31.0. The van der Waals surface area contributed by atoms with Crippen molar-refractivity contribution in [1.29, 1.82) is 0 Å². The highest BCUT2D eigenvalue weighted by atomic mass is 16.5. The molecular formula is C29H58N2O. The van der Waals surface area contributed by atoms with Crippen molar-refractivity contribution in [3.63, 3.8) is 0 Å². The van der Waals surface area contributed by atoms with Gasteiger partial charge in [-0.05, 0) is 63.2 Å². The van der Waals surface area contributed by atoms with Crippen LogP contribution in [0.2, 0.25) is 0 Å². The summed E-state index contributed by atoms with van der Waals surface area (Å²) in [5, 5.41) is 6.92. The lowest BCUT2D eigenvalue weighted by molar-refractivity contribution is 0.126. The zero-order chi connectivity index (χ0) is 23.9. The van der Waals surface area contributed by atoms with Gasteiger partial charge in [0, 0.05) is 37.7 Å². The van der Waals surface area contributed by atoms with Crippen molar-refractivity contribution in [2.24, 2.45) is 11.8 Å². The van der Waals surface area contributed by atoms with Gasteiger partial charge in [-0.25, -0.2) is 0 Å². The molecule has 0 saturated carbocycles. The average Bonchev–Trinajstić information content (AvgIpc) is 2.74. The van der Waals surface area contributed by atoms with Crippen LogP contribution < -0.4 is 10.6 Å². The lowest BCUT2D eigenvalue weighted by Gasteiger charge is -2.11. The molecule has 0 amide bonds. The molecule has 0 aromatic heterocycles. The van der Waals surface area contributed by atoms with Gasteiger partial charge < -0.3 is 15.4 Å². The van der Waals surface area contributed by atoms with E-state index in [0.717, 1.165) is 45.1 Å². The zero-order valence-electron chi connectivity index (χ0n) is 22.4. The predicted octanol–water partition coefficient (Wildman–Crippen LogP) is 8.37. The number of unbranched alkanes of at least 4 members (excludes halogenated alkanes) is 9. The fourth-order valence-corrected chi connectivity index (χ4v) is 3.72. The Kier molecular flexibility index (Phi) is 22.5. The van der Waals surface area contributed by atoms with Gasteiger partial charge in [0.1, 0.15) is 0 Å². The van der Waals surface area contributed by atoms with Crippen molar-refractivity contribution in [3.8, 4) is 0 Å². The third-order valence-corrected chi connectivity index (χ3v) is 5.88. The molecule has 0 aromatic carbocycles. The SMILES string of the molecule is C=C(CCCCCC(C)C)NCCCCCOCCCCCCCCC(=C)NCC(C)C. The van der Waals surface area contributed by atoms with Gasteiger partial charge >= 0.3 is 0 Å². The Labute approximate surface area is 202 Å². The first-order valence-electron chi connectivity index (χ1n) is 13.8. The van der Waals surface area contributed by atoms with E-state index in [1.54, 1.807) is 0 Å². The number of ether oxygens (including phenoxy) is 1. The van der Waals surface area contributed by atoms with E-state index in [9.17, 15) is 0 Å². The smallest absolute Gasteiger partial charge is 0.0466 e. The highest BCUT2D eigenvalue weighted by Gasteiger charge is 1.99. The predicted molar refractivity (Wildman–Crippen MR) is 144 cm³/mol. The van der Waals surface area contributed by atoms with Gasteiger partial charge in [-0.15, -0.1) is 0 Å². The molecule has 190 valence electrons. The molecule has 32 heavy (non-hydrogen) atoms. The molecule has 0 aliphatic rings. The molecule has 0 atom stereocenters. The van der Waals surface area contributed by atoms with E-state index in [1.807, 2.05) is 0 Å². The van der Waals surface area contributed by atoms with Crippen LogP contribution in [0.15, 0.2) is 24.6 Å². The van der Waals surface area contributed by atoms with E-state index in [2.05, 4.69) is 51.5 Å². The van der Waals surface area contributed by atoms with Gasteiger partial charge in [0.05, 0.1) is 0 Å². The minimum atomic E-state index is 0.690. The van der Waals surface area contributed by atoms with E-state index >= 15 is 0 Å². The molecule has 0 heterocycles. The third kappa shape index (κ3) is 25.3. The molecule has 0 aliphatic heterocycles. The normalized spacial score (nSPS) is 11.3. The Morgan fingerprint density at radius 3 is 1.69 bits per heavy atom. The van der Waals surface area contributed by atoms with Crippen LogP contribution in [0, 0.1) is 11.8 Å². The van der Waals surface area contributed by atoms with Crippen LogP contribution in [0.4, 0.5) is 0 Å². The topological polar surface area (TPSA) is 33.3 Å². The molecule has 0 bridgehead atoms. The molecule has 3 heteroatoms. The lowest BCUT2D eigenvalue weighted by Crippen LogP contribution is -2.18. The van der Waals surface area contributed by atoms with Crippen LogP contribution in [-0.4, -0.2) is 26.3 Å². The van der Waals surface area contributed by atoms with E-state index < -0.39 is 0 Å². The molecule has 0 unspecified atom stereocenters. The first-order chi connectivity index (χ1) is 15.4. The second kappa shape index (κ2) is 23.2. The summed E-state index contributed by atoms with van der Waals surface area (Å²) in [5.41, 5.74) is 2.43. The minimum Gasteiger partial charge on any atom is -0.389 e. The zero-order valence-corrected chi connectivity index (χ0v) is 22.4. The molecule has 0 aromatic rings. The van der Waals surface area contributed by atoms with Crippen LogP contribution in [-0.2, 0) is 4.74 Å². The molecule has 0 spiro atoms. The summed E-state index contributed by atoms with van der Waals surface area (Å²) in [6.07, 6.45) is 19.0. The van der Waals surface area contributed by atoms with Crippen molar-refractivity contribution >= 4 is 0 Å². The molecular weight excluding hydrogens is 392 g/mol. The molecule has 0 radical (unpaired) electrons. The van der Waals surface area contributed by atoms with Crippen molar-refractivity contribution in [3.05, 3.63) is 24.6 Å². The maximum Gasteiger partial charge on any atom is 0.0466 e. The quantitative estimate of drug-likeness (QED) is 0.137. The average molecular weight is 451 g/mol. The Bertz CT molecular complexity index is 431. The highest BCUT2D eigenvalue weighted by molar-refractivity contribution is 4.91. The van der Waals surface area contributed by atoms with Crippen LogP contribution in [0.5, 0.6) is 0 Å². The number of rotatable bonds is 25. The van der Waals surface area contributed by atoms with Gasteiger partial charge in [0.25, 0.3) is 0 Å². The van der Waals surface area contributed by atoms with Gasteiger partial charge in [0.15, 0.2) is 0 Å². The summed E-state index contributed by atoms with van der Waals surface area (Å²) in [6.45, 7) is 21.3. The largest absolute Gasteiger partial charge is 0.389 e. The number of allylic oxidation sites excluding steroid dienone is 2. The summed E-state index contributed by atoms with van der Waals surface area (Å²) in [4.78, 5) is 0. The summed E-state index contributed by atoms with van der Waals surface area (Å²) >= 11 is 0. The van der Waals surface area contributed by atoms with Crippen molar-refractivity contribution < 1.29 is 4.74 Å². The summed E-state index contributed by atoms with van der Waals surface area (Å²) in [7, 11) is 0. The fourth-order valence-electron chi connectivity index (χ4n) is 3.72. The van der Waals surface area contributed by atoms with Gasteiger partial charge in [0.2, 0.25) is 0 Å². The number of hydrogen-bond donors (Lipinski definition) is 2. The van der Waals surface area contributed by atoms with Crippen molar-refractivity contribution in [2.45, 2.75) is 124 Å². The van der Waals surface area contributed by atoms with Crippen LogP contribution in [0.3, 0.4) is 0 Å². The Morgan fingerprint density at radius 2 is 1.09 bits per heavy atom. The molecule has 0 rings (SSSR count). The number of hydrogen-bond acceptors (Lipinski definition) is 3. The Morgan fingerprint density at radius 1 is 0.594 bits per heavy atom. The molecule has 0 fully saturated rings. The lowest BCUT2D eigenvalue weighted by atomic mass is 10.0. The monoisotopic (exact) mass is 450 g/mol. The van der Waals surface area contributed by atoms with Gasteiger partial charge in [-0.3, -0.25) is 0 Å². The van der Waals surface area contributed by atoms with Gasteiger partial charge in [-0.2, -0.15) is 0 Å². The van der Waals surface area contributed by atoms with Crippen molar-refractivity contribution in [1.82, 2.24) is 10.6 Å². The second-order valence-corrected chi connectivity index (χ2v) is 10.4. The maximum atomic E-state index is 5.80. The molecule has 2 N–H and O–H groups in total. The summed E-state index contributed by atoms with van der Waals surface area (Å²) in [6, 6.07) is 0. The third-order valence-electron chi connectivity index (χ3n) is 5.88. The van der Waals surface area contributed by atoms with E-state index in [4.69, 9.17) is 4.74 Å². The maximum absolute atomic E-state index is 5.80. The van der Waals surface area contributed by atoms with Crippen LogP contribution in [0.1, 0.15) is 124 Å². The standard InChI is InChI=1S/C29H58N2O/c1-26(2)19-13-11-15-20-28(5)30-22-16-12-18-24-32-23-17-10-8-7-9-14-21-29(6)31-25-27(3)4/h26-27,30-31H,5-25H2,1-4H3. The fraction of sp³-hybridized carbons (Fsp3) is 0.862. The molecule has 0 saturated heterocycles. The second-order valence-electron chi connectivity index (χ2n) is 10.4. The minimum absolute atomic E-state index is 0.690. The van der Waals surface area contributed by atoms with Crippen molar-refractivity contribution in [2.75, 3.05) is 26.3 Å². The van der Waals surface area contributed by atoms with E-state index in [0.29, 0.717) is 5.92 Å². The Balaban J connectivity index is 3.20. The van der Waals surface area contributed by atoms with Crippen LogP contribution in [0.25, 0.3) is 0 Å². The molecule has 0 aliphatic carbocycles. The summed E-state index contributed by atoms with van der Waals surface area (Å²) in [5.74, 6) is 1.53. The summed E-state index contributed by atoms with van der Waals surface area (Å²) < 4.78 is 5.80. The Hall–Kier alpha value is -0.960. The van der Waals surface area contributed by atoms with E-state index in [1.165, 1.54) is 94.9 Å². The number of nitrogens with one attached hydrogen (secondary N) is 2. The van der Waals surface area contributed by atoms with Gasteiger partial charge in [-0.1, -0.05) is 85.8 Å².